The standard InChI is InChI=1S/C15H21NO/c1-11(9-10-16)15(17)14-7-5-13(6-8-14)12-3-2-4-12/h5-8,11-12H,2-4,9-10,16H2,1H3. The molecule has 0 bridgehead atoms. The fourth-order valence-electron chi connectivity index (χ4n) is 2.33. The monoisotopic (exact) mass is 231 g/mol. The third-order valence-corrected chi connectivity index (χ3v) is 3.82. The van der Waals surface area contributed by atoms with Crippen molar-refractivity contribution in [2.75, 3.05) is 6.54 Å². The highest BCUT2D eigenvalue weighted by molar-refractivity contribution is 5.97. The van der Waals surface area contributed by atoms with Crippen molar-refractivity contribution in [3.8, 4) is 0 Å². The lowest BCUT2D eigenvalue weighted by atomic mass is 9.79. The first kappa shape index (κ1) is 12.3. The van der Waals surface area contributed by atoms with Crippen molar-refractivity contribution in [3.05, 3.63) is 35.4 Å². The Labute approximate surface area is 103 Å². The van der Waals surface area contributed by atoms with Gasteiger partial charge >= 0.3 is 0 Å². The van der Waals surface area contributed by atoms with E-state index in [0.29, 0.717) is 6.54 Å². The number of Topliss-reactive ketones (excluding diaryl/α,β-unsaturated/α-hetero) is 1. The van der Waals surface area contributed by atoms with E-state index in [1.54, 1.807) is 0 Å². The number of carbonyl (C=O) groups excluding carboxylic acids is 1. The smallest absolute Gasteiger partial charge is 0.165 e. The lowest BCUT2D eigenvalue weighted by Crippen LogP contribution is -2.16. The molecule has 1 unspecified atom stereocenters. The number of hydrogen-bond acceptors (Lipinski definition) is 2. The third-order valence-electron chi connectivity index (χ3n) is 3.82. The second kappa shape index (κ2) is 5.46. The number of benzene rings is 1. The average molecular weight is 231 g/mol. The van der Waals surface area contributed by atoms with Crippen molar-refractivity contribution in [1.29, 1.82) is 0 Å². The molecule has 0 amide bonds. The average Bonchev–Trinajstić information content (AvgIpc) is 2.27. The Kier molecular flexibility index (Phi) is 3.95. The van der Waals surface area contributed by atoms with Crippen LogP contribution in [0.2, 0.25) is 0 Å². The van der Waals surface area contributed by atoms with Gasteiger partial charge in [0.15, 0.2) is 5.78 Å². The molecule has 0 aliphatic heterocycles. The van der Waals surface area contributed by atoms with Crippen LogP contribution in [0, 0.1) is 5.92 Å². The molecule has 0 saturated heterocycles. The lowest BCUT2D eigenvalue weighted by molar-refractivity contribution is 0.0925. The summed E-state index contributed by atoms with van der Waals surface area (Å²) in [5, 5.41) is 0. The molecule has 0 heterocycles. The minimum atomic E-state index is 0.0366. The van der Waals surface area contributed by atoms with Gasteiger partial charge in [-0.1, -0.05) is 37.6 Å². The fraction of sp³-hybridized carbons (Fsp3) is 0.533. The van der Waals surface area contributed by atoms with Crippen LogP contribution >= 0.6 is 0 Å². The second-order valence-electron chi connectivity index (χ2n) is 5.09. The molecule has 2 N–H and O–H groups in total. The van der Waals surface area contributed by atoms with E-state index in [-0.39, 0.29) is 11.7 Å². The maximum atomic E-state index is 12.0. The van der Waals surface area contributed by atoms with Crippen molar-refractivity contribution < 1.29 is 4.79 Å². The highest BCUT2D eigenvalue weighted by atomic mass is 16.1. The Hall–Kier alpha value is -1.15. The maximum absolute atomic E-state index is 12.0. The van der Waals surface area contributed by atoms with Gasteiger partial charge in [-0.05, 0) is 37.3 Å². The molecule has 1 atom stereocenters. The molecular formula is C15H21NO. The number of hydrogen-bond donors (Lipinski definition) is 1. The van der Waals surface area contributed by atoms with Crippen LogP contribution in [0.4, 0.5) is 0 Å². The minimum Gasteiger partial charge on any atom is -0.330 e. The Morgan fingerprint density at radius 1 is 1.35 bits per heavy atom. The van der Waals surface area contributed by atoms with E-state index in [9.17, 15) is 4.79 Å². The zero-order chi connectivity index (χ0) is 12.3. The summed E-state index contributed by atoms with van der Waals surface area (Å²) >= 11 is 0. The molecule has 0 aromatic heterocycles. The first-order valence-electron chi connectivity index (χ1n) is 6.56. The molecule has 2 rings (SSSR count). The second-order valence-corrected chi connectivity index (χ2v) is 5.09. The molecule has 0 spiro atoms. The molecule has 92 valence electrons. The molecular weight excluding hydrogens is 210 g/mol. The Bertz CT molecular complexity index is 378. The van der Waals surface area contributed by atoms with Gasteiger partial charge in [-0.3, -0.25) is 4.79 Å². The molecule has 0 radical (unpaired) electrons. The number of carbonyl (C=O) groups is 1. The maximum Gasteiger partial charge on any atom is 0.165 e. The predicted molar refractivity (Wildman–Crippen MR) is 70.2 cm³/mol. The predicted octanol–water partition coefficient (Wildman–Crippen LogP) is 3.12. The van der Waals surface area contributed by atoms with Crippen LogP contribution in [-0.4, -0.2) is 12.3 Å². The van der Waals surface area contributed by atoms with Crippen molar-refractivity contribution in [1.82, 2.24) is 0 Å². The van der Waals surface area contributed by atoms with Crippen LogP contribution in [0.15, 0.2) is 24.3 Å². The van der Waals surface area contributed by atoms with E-state index in [4.69, 9.17) is 5.73 Å². The van der Waals surface area contributed by atoms with Gasteiger partial charge in [-0.25, -0.2) is 0 Å². The number of nitrogens with two attached hydrogens (primary N) is 1. The van der Waals surface area contributed by atoms with Gasteiger partial charge in [0, 0.05) is 11.5 Å². The Morgan fingerprint density at radius 3 is 2.47 bits per heavy atom. The highest BCUT2D eigenvalue weighted by Crippen LogP contribution is 2.36. The van der Waals surface area contributed by atoms with Crippen molar-refractivity contribution in [2.24, 2.45) is 11.7 Å². The van der Waals surface area contributed by atoms with Crippen LogP contribution in [0.3, 0.4) is 0 Å². The van der Waals surface area contributed by atoms with Crippen LogP contribution in [0.5, 0.6) is 0 Å². The molecule has 2 heteroatoms. The summed E-state index contributed by atoms with van der Waals surface area (Å²) in [6, 6.07) is 8.18. The van der Waals surface area contributed by atoms with Crippen LogP contribution in [0.1, 0.15) is 54.4 Å². The van der Waals surface area contributed by atoms with Crippen molar-refractivity contribution >= 4 is 5.78 Å². The molecule has 17 heavy (non-hydrogen) atoms. The Balaban J connectivity index is 2.03. The quantitative estimate of drug-likeness (QED) is 0.791. The first-order chi connectivity index (χ1) is 8.22. The largest absolute Gasteiger partial charge is 0.330 e. The summed E-state index contributed by atoms with van der Waals surface area (Å²) in [5.74, 6) is 0.991. The fourth-order valence-corrected chi connectivity index (χ4v) is 2.33. The van der Waals surface area contributed by atoms with Crippen molar-refractivity contribution in [2.45, 2.75) is 38.5 Å². The van der Waals surface area contributed by atoms with E-state index >= 15 is 0 Å². The van der Waals surface area contributed by atoms with Gasteiger partial charge in [0.1, 0.15) is 0 Å². The van der Waals surface area contributed by atoms with Gasteiger partial charge in [0.2, 0.25) is 0 Å². The van der Waals surface area contributed by atoms with Gasteiger partial charge in [-0.2, -0.15) is 0 Å². The zero-order valence-corrected chi connectivity index (χ0v) is 10.5. The molecule has 1 fully saturated rings. The summed E-state index contributed by atoms with van der Waals surface area (Å²) in [7, 11) is 0. The molecule has 2 nitrogen and oxygen atoms in total. The van der Waals surface area contributed by atoms with Crippen LogP contribution < -0.4 is 5.73 Å². The lowest BCUT2D eigenvalue weighted by Gasteiger charge is -2.25. The summed E-state index contributed by atoms with van der Waals surface area (Å²) in [6.45, 7) is 2.53. The van der Waals surface area contributed by atoms with Gasteiger partial charge in [0.25, 0.3) is 0 Å². The highest BCUT2D eigenvalue weighted by Gasteiger charge is 2.20. The topological polar surface area (TPSA) is 43.1 Å². The van der Waals surface area contributed by atoms with Crippen LogP contribution in [0.25, 0.3) is 0 Å². The summed E-state index contributed by atoms with van der Waals surface area (Å²) in [4.78, 5) is 12.0. The zero-order valence-electron chi connectivity index (χ0n) is 10.5. The summed E-state index contributed by atoms with van der Waals surface area (Å²) < 4.78 is 0. The van der Waals surface area contributed by atoms with Gasteiger partial charge in [0.05, 0.1) is 0 Å². The minimum absolute atomic E-state index is 0.0366. The van der Waals surface area contributed by atoms with E-state index < -0.39 is 0 Å². The number of ketones is 1. The van der Waals surface area contributed by atoms with E-state index in [1.165, 1.54) is 24.8 Å². The molecule has 1 saturated carbocycles. The third kappa shape index (κ3) is 2.75. The first-order valence-corrected chi connectivity index (χ1v) is 6.56. The Morgan fingerprint density at radius 2 is 2.00 bits per heavy atom. The van der Waals surface area contributed by atoms with E-state index in [1.807, 2.05) is 19.1 Å². The van der Waals surface area contributed by atoms with E-state index in [0.717, 1.165) is 17.9 Å². The number of rotatable bonds is 5. The normalized spacial score (nSPS) is 17.5. The van der Waals surface area contributed by atoms with Crippen LogP contribution in [-0.2, 0) is 0 Å². The summed E-state index contributed by atoms with van der Waals surface area (Å²) in [6.07, 6.45) is 4.72. The summed E-state index contributed by atoms with van der Waals surface area (Å²) in [5.41, 5.74) is 7.70. The molecule has 1 aliphatic carbocycles. The molecule has 1 aliphatic rings. The van der Waals surface area contributed by atoms with Crippen molar-refractivity contribution in [3.63, 3.8) is 0 Å². The van der Waals surface area contributed by atoms with E-state index in [2.05, 4.69) is 12.1 Å². The van der Waals surface area contributed by atoms with Gasteiger partial charge < -0.3 is 5.73 Å². The SMILES string of the molecule is CC(CCN)C(=O)c1ccc(C2CCC2)cc1. The molecule has 1 aromatic rings. The molecule has 1 aromatic carbocycles. The van der Waals surface area contributed by atoms with Gasteiger partial charge in [-0.15, -0.1) is 0 Å².